The van der Waals surface area contributed by atoms with Crippen LogP contribution in [-0.2, 0) is 10.1 Å². The van der Waals surface area contributed by atoms with Gasteiger partial charge in [0.2, 0.25) is 5.75 Å². The number of hydrogen-bond acceptors (Lipinski definition) is 7. The van der Waals surface area contributed by atoms with E-state index in [1.165, 1.54) is 30.5 Å². The summed E-state index contributed by atoms with van der Waals surface area (Å²) in [4.78, 5) is 30.2. The topological polar surface area (TPSA) is 144 Å². The van der Waals surface area contributed by atoms with Crippen LogP contribution < -0.4 is 4.18 Å². The van der Waals surface area contributed by atoms with Gasteiger partial charge in [-0.2, -0.15) is 8.42 Å². The van der Waals surface area contributed by atoms with Crippen molar-refractivity contribution < 1.29 is 32.4 Å². The lowest BCUT2D eigenvalue weighted by atomic mass is 10.1. The highest BCUT2D eigenvalue weighted by Gasteiger charge is 2.28. The van der Waals surface area contributed by atoms with Gasteiger partial charge in [-0.25, -0.2) is 14.6 Å². The first kappa shape index (κ1) is 18.3. The molecule has 2 heterocycles. The number of pyridine rings is 2. The number of aryl methyl sites for hydroxylation is 1. The molecule has 2 N–H and O–H groups in total. The van der Waals surface area contributed by atoms with Gasteiger partial charge >= 0.3 is 22.1 Å². The second kappa shape index (κ2) is 6.65. The predicted octanol–water partition coefficient (Wildman–Crippen LogP) is 2.10. The molecular weight excluding hydrogens is 376 g/mol. The molecule has 138 valence electrons. The number of hydrogen-bond donors (Lipinski definition) is 2. The van der Waals surface area contributed by atoms with Gasteiger partial charge in [-0.15, -0.1) is 0 Å². The van der Waals surface area contributed by atoms with Crippen LogP contribution in [0.3, 0.4) is 0 Å². The molecule has 0 aliphatic rings. The number of aromatic nitrogens is 2. The minimum atomic E-state index is -4.40. The van der Waals surface area contributed by atoms with Crippen LogP contribution in [-0.4, -0.2) is 40.5 Å². The molecule has 0 saturated carbocycles. The second-order valence-corrected chi connectivity index (χ2v) is 7.04. The smallest absolute Gasteiger partial charge is 0.358 e. The minimum absolute atomic E-state index is 0.0518. The predicted molar refractivity (Wildman–Crippen MR) is 92.4 cm³/mol. The number of carboxylic acids is 2. The molecule has 0 aliphatic carbocycles. The fourth-order valence-corrected chi connectivity index (χ4v) is 3.30. The Morgan fingerprint density at radius 1 is 1.00 bits per heavy atom. The van der Waals surface area contributed by atoms with Gasteiger partial charge in [0.05, 0.1) is 0 Å². The first-order valence-corrected chi connectivity index (χ1v) is 8.88. The van der Waals surface area contributed by atoms with Gasteiger partial charge in [0, 0.05) is 11.6 Å². The van der Waals surface area contributed by atoms with E-state index in [0.29, 0.717) is 0 Å². The molecule has 3 aromatic rings. The molecule has 0 radical (unpaired) electrons. The van der Waals surface area contributed by atoms with Crippen LogP contribution in [0.15, 0.2) is 47.5 Å². The summed E-state index contributed by atoms with van der Waals surface area (Å²) in [5.41, 5.74) is -0.859. The molecule has 1 aromatic carbocycles. The van der Waals surface area contributed by atoms with E-state index in [0.717, 1.165) is 5.56 Å². The molecule has 0 atom stereocenters. The van der Waals surface area contributed by atoms with E-state index in [2.05, 4.69) is 9.97 Å². The number of fused-ring (bicyclic) bond motifs is 1. The molecule has 3 rings (SSSR count). The van der Waals surface area contributed by atoms with Gasteiger partial charge in [0.1, 0.15) is 10.4 Å². The van der Waals surface area contributed by atoms with Crippen LogP contribution in [0.4, 0.5) is 0 Å². The largest absolute Gasteiger partial charge is 0.476 e. The van der Waals surface area contributed by atoms with Crippen molar-refractivity contribution in [3.05, 3.63) is 59.5 Å². The second-order valence-electron chi connectivity index (χ2n) is 5.50. The first-order valence-electron chi connectivity index (χ1n) is 7.47. The molecule has 0 bridgehead atoms. The lowest BCUT2D eigenvalue weighted by Crippen LogP contribution is -2.16. The summed E-state index contributed by atoms with van der Waals surface area (Å²) >= 11 is 0. The summed E-state index contributed by atoms with van der Waals surface area (Å²) in [6.45, 7) is 1.77. The summed E-state index contributed by atoms with van der Waals surface area (Å²) in [7, 11) is -4.40. The summed E-state index contributed by atoms with van der Waals surface area (Å²) in [6, 6.07) is 8.46. The average Bonchev–Trinajstić information content (AvgIpc) is 2.61. The van der Waals surface area contributed by atoms with E-state index in [-0.39, 0.29) is 15.8 Å². The lowest BCUT2D eigenvalue weighted by Gasteiger charge is -2.12. The average molecular weight is 388 g/mol. The van der Waals surface area contributed by atoms with E-state index in [4.69, 9.17) is 4.18 Å². The standard InChI is InChI=1S/C17H12N2O7S/c1-9-4-6-10(7-5-9)27(24,25)26-15-12-11(3-2-8-18-12)13(16(20)21)19-14(15)17(22)23/h2-8H,1H3,(H,20,21)(H,22,23). The minimum Gasteiger partial charge on any atom is -0.476 e. The molecule has 0 aliphatic heterocycles. The van der Waals surface area contributed by atoms with Crippen molar-refractivity contribution in [2.45, 2.75) is 11.8 Å². The number of benzene rings is 1. The van der Waals surface area contributed by atoms with Crippen molar-refractivity contribution in [2.24, 2.45) is 0 Å². The van der Waals surface area contributed by atoms with Crippen LogP contribution in [0.25, 0.3) is 10.9 Å². The third-order valence-electron chi connectivity index (χ3n) is 3.62. The lowest BCUT2D eigenvalue weighted by molar-refractivity contribution is 0.0685. The van der Waals surface area contributed by atoms with Gasteiger partial charge in [-0.05, 0) is 31.2 Å². The van der Waals surface area contributed by atoms with Gasteiger partial charge in [0.15, 0.2) is 11.4 Å². The number of carbonyl (C=O) groups is 2. The fraction of sp³-hybridized carbons (Fsp3) is 0.0588. The molecule has 0 unspecified atom stereocenters. The van der Waals surface area contributed by atoms with Crippen molar-refractivity contribution >= 4 is 33.0 Å². The van der Waals surface area contributed by atoms with Gasteiger partial charge in [-0.3, -0.25) is 4.98 Å². The van der Waals surface area contributed by atoms with Crippen LogP contribution in [0, 0.1) is 6.92 Å². The Kier molecular flexibility index (Phi) is 4.50. The maximum atomic E-state index is 12.6. The Morgan fingerprint density at radius 3 is 2.22 bits per heavy atom. The van der Waals surface area contributed by atoms with Crippen molar-refractivity contribution in [1.29, 1.82) is 0 Å². The van der Waals surface area contributed by atoms with Crippen LogP contribution in [0.1, 0.15) is 26.5 Å². The maximum Gasteiger partial charge on any atom is 0.358 e. The monoisotopic (exact) mass is 388 g/mol. The van der Waals surface area contributed by atoms with Crippen molar-refractivity contribution in [3.8, 4) is 5.75 Å². The van der Waals surface area contributed by atoms with Crippen LogP contribution >= 0.6 is 0 Å². The first-order chi connectivity index (χ1) is 12.7. The summed E-state index contributed by atoms with van der Waals surface area (Å²) in [6.07, 6.45) is 1.25. The molecular formula is C17H12N2O7S. The van der Waals surface area contributed by atoms with E-state index in [9.17, 15) is 28.2 Å². The Hall–Kier alpha value is -3.53. The van der Waals surface area contributed by atoms with Crippen molar-refractivity contribution in [1.82, 2.24) is 9.97 Å². The normalized spacial score (nSPS) is 11.3. The molecule has 2 aromatic heterocycles. The van der Waals surface area contributed by atoms with Crippen LogP contribution in [0.5, 0.6) is 5.75 Å². The van der Waals surface area contributed by atoms with Gasteiger partial charge in [0.25, 0.3) is 0 Å². The summed E-state index contributed by atoms with van der Waals surface area (Å²) in [5.74, 6) is -3.79. The van der Waals surface area contributed by atoms with Gasteiger partial charge in [-0.1, -0.05) is 17.7 Å². The van der Waals surface area contributed by atoms with E-state index >= 15 is 0 Å². The zero-order chi connectivity index (χ0) is 19.8. The molecule has 0 fully saturated rings. The Labute approximate surface area is 153 Å². The molecule has 10 heteroatoms. The van der Waals surface area contributed by atoms with E-state index in [1.54, 1.807) is 19.1 Å². The van der Waals surface area contributed by atoms with E-state index in [1.807, 2.05) is 0 Å². The SMILES string of the molecule is Cc1ccc(S(=O)(=O)Oc2c(C(=O)O)nc(C(=O)O)c3cccnc23)cc1. The van der Waals surface area contributed by atoms with E-state index < -0.39 is 39.2 Å². The molecule has 0 saturated heterocycles. The van der Waals surface area contributed by atoms with Crippen molar-refractivity contribution in [3.63, 3.8) is 0 Å². The molecule has 9 nitrogen and oxygen atoms in total. The quantitative estimate of drug-likeness (QED) is 0.628. The Morgan fingerprint density at radius 2 is 1.63 bits per heavy atom. The third-order valence-corrected chi connectivity index (χ3v) is 4.86. The summed E-state index contributed by atoms with van der Waals surface area (Å²) in [5, 5.41) is 18.6. The van der Waals surface area contributed by atoms with Gasteiger partial charge < -0.3 is 14.4 Å². The maximum absolute atomic E-state index is 12.6. The molecule has 0 amide bonds. The molecule has 0 spiro atoms. The number of nitrogens with zero attached hydrogens (tertiary/aromatic N) is 2. The number of aromatic carboxylic acids is 2. The summed E-state index contributed by atoms with van der Waals surface area (Å²) < 4.78 is 30.2. The van der Waals surface area contributed by atoms with Crippen molar-refractivity contribution in [2.75, 3.05) is 0 Å². The Balaban J connectivity index is 2.26. The zero-order valence-corrected chi connectivity index (χ0v) is 14.6. The highest BCUT2D eigenvalue weighted by atomic mass is 32.2. The highest BCUT2D eigenvalue weighted by Crippen LogP contribution is 2.31. The van der Waals surface area contributed by atoms with Crippen LogP contribution in [0.2, 0.25) is 0 Å². The third kappa shape index (κ3) is 3.42. The highest BCUT2D eigenvalue weighted by molar-refractivity contribution is 7.87. The fourth-order valence-electron chi connectivity index (χ4n) is 2.36. The molecule has 27 heavy (non-hydrogen) atoms. The zero-order valence-electron chi connectivity index (χ0n) is 13.8. The number of rotatable bonds is 5. The number of carboxylic acid groups (broad SMARTS) is 2. The Bertz CT molecular complexity index is 1170.